The van der Waals surface area contributed by atoms with Crippen LogP contribution in [0.5, 0.6) is 0 Å². The molecule has 1 amide bonds. The summed E-state index contributed by atoms with van der Waals surface area (Å²) in [6, 6.07) is 0. The molecule has 2 rings (SSSR count). The van der Waals surface area contributed by atoms with Crippen molar-refractivity contribution < 1.29 is 27.9 Å². The second-order valence-corrected chi connectivity index (χ2v) is 5.63. The van der Waals surface area contributed by atoms with Gasteiger partial charge in [0.05, 0.1) is 6.54 Å². The van der Waals surface area contributed by atoms with Crippen LogP contribution in [0.1, 0.15) is 6.42 Å². The van der Waals surface area contributed by atoms with Crippen molar-refractivity contribution in [1.29, 1.82) is 0 Å². The van der Waals surface area contributed by atoms with E-state index in [1.807, 2.05) is 0 Å². The molecule has 0 radical (unpaired) electrons. The average Bonchev–Trinajstić information content (AvgIpc) is 2.97. The molecule has 0 bridgehead atoms. The lowest BCUT2D eigenvalue weighted by Crippen LogP contribution is -2.47. The number of carboxylic acid groups (broad SMARTS) is 1. The van der Waals surface area contributed by atoms with E-state index in [1.165, 1.54) is 22.4 Å². The van der Waals surface area contributed by atoms with E-state index in [1.54, 1.807) is 5.38 Å². The van der Waals surface area contributed by atoms with Crippen LogP contribution < -0.4 is 5.32 Å². The van der Waals surface area contributed by atoms with Gasteiger partial charge in [0.25, 0.3) is 0 Å². The third-order valence-corrected chi connectivity index (χ3v) is 4.03. The number of rotatable bonds is 4. The molecular formula is C11H12F3N3O3S. The molecule has 1 atom stereocenters. The molecule has 0 saturated carbocycles. The zero-order valence-electron chi connectivity index (χ0n) is 10.7. The number of nitrogens with one attached hydrogen (secondary N) is 1. The van der Waals surface area contributed by atoms with Crippen LogP contribution in [0.4, 0.5) is 18.3 Å². The lowest BCUT2D eigenvalue weighted by molar-refractivity contribution is -0.227. The third kappa shape index (κ3) is 3.16. The van der Waals surface area contributed by atoms with E-state index in [4.69, 9.17) is 5.11 Å². The Labute approximate surface area is 121 Å². The number of thiazole rings is 1. The number of carbonyl (C=O) groups excluding carboxylic acids is 1. The Bertz CT molecular complexity index is 535. The molecule has 10 heteroatoms. The SMILES string of the molecule is O=C(CN1CCC(C(=O)O)(C(F)(F)F)C1)Nc1nccs1. The number of likely N-dealkylation sites (tertiary alicyclic amines) is 1. The molecule has 0 aliphatic carbocycles. The monoisotopic (exact) mass is 323 g/mol. The van der Waals surface area contributed by atoms with Crippen LogP contribution in [0.15, 0.2) is 11.6 Å². The second-order valence-electron chi connectivity index (χ2n) is 4.73. The molecule has 2 N–H and O–H groups in total. The van der Waals surface area contributed by atoms with Gasteiger partial charge in [-0.1, -0.05) is 0 Å². The summed E-state index contributed by atoms with van der Waals surface area (Å²) in [4.78, 5) is 27.7. The van der Waals surface area contributed by atoms with Gasteiger partial charge in [-0.25, -0.2) is 4.98 Å². The maximum atomic E-state index is 13.0. The lowest BCUT2D eigenvalue weighted by atomic mass is 9.86. The Morgan fingerprint density at radius 2 is 2.24 bits per heavy atom. The number of aliphatic carboxylic acids is 1. The Kier molecular flexibility index (Phi) is 4.19. The molecule has 1 aliphatic rings. The number of hydrogen-bond acceptors (Lipinski definition) is 5. The van der Waals surface area contributed by atoms with Crippen molar-refractivity contribution in [2.75, 3.05) is 25.0 Å². The van der Waals surface area contributed by atoms with Crippen molar-refractivity contribution in [2.45, 2.75) is 12.6 Å². The molecule has 21 heavy (non-hydrogen) atoms. The maximum absolute atomic E-state index is 13.0. The van der Waals surface area contributed by atoms with E-state index in [-0.39, 0.29) is 13.1 Å². The summed E-state index contributed by atoms with van der Waals surface area (Å²) in [6.07, 6.45) is -3.93. The van der Waals surface area contributed by atoms with Crippen molar-refractivity contribution >= 4 is 28.3 Å². The van der Waals surface area contributed by atoms with Crippen LogP contribution in [-0.4, -0.2) is 52.7 Å². The molecule has 1 aromatic heterocycles. The number of anilines is 1. The fraction of sp³-hybridized carbons (Fsp3) is 0.545. The number of halogens is 3. The van der Waals surface area contributed by atoms with Gasteiger partial charge in [-0.3, -0.25) is 14.5 Å². The first kappa shape index (κ1) is 15.7. The smallest absolute Gasteiger partial charge is 0.406 e. The highest BCUT2D eigenvalue weighted by Gasteiger charge is 2.63. The summed E-state index contributed by atoms with van der Waals surface area (Å²) in [5.41, 5.74) is -2.80. The summed E-state index contributed by atoms with van der Waals surface area (Å²) in [6.45, 7) is -1.13. The Hall–Kier alpha value is -1.68. The topological polar surface area (TPSA) is 82.5 Å². The summed E-state index contributed by atoms with van der Waals surface area (Å²) in [7, 11) is 0. The number of amides is 1. The number of hydrogen-bond donors (Lipinski definition) is 2. The Morgan fingerprint density at radius 1 is 1.52 bits per heavy atom. The minimum Gasteiger partial charge on any atom is -0.481 e. The van der Waals surface area contributed by atoms with Crippen molar-refractivity contribution in [1.82, 2.24) is 9.88 Å². The zero-order valence-corrected chi connectivity index (χ0v) is 11.5. The van der Waals surface area contributed by atoms with Crippen LogP contribution in [0.25, 0.3) is 0 Å². The van der Waals surface area contributed by atoms with Crippen molar-refractivity contribution in [3.8, 4) is 0 Å². The molecule has 1 fully saturated rings. The van der Waals surface area contributed by atoms with Gasteiger partial charge in [-0.05, 0) is 6.42 Å². The van der Waals surface area contributed by atoms with Gasteiger partial charge in [-0.15, -0.1) is 11.3 Å². The quantitative estimate of drug-likeness (QED) is 0.876. The van der Waals surface area contributed by atoms with Crippen molar-refractivity contribution in [3.05, 3.63) is 11.6 Å². The van der Waals surface area contributed by atoms with Crippen LogP contribution >= 0.6 is 11.3 Å². The molecule has 1 saturated heterocycles. The molecule has 1 aromatic rings. The minimum absolute atomic E-state index is 0.100. The normalized spacial score (nSPS) is 23.2. The maximum Gasteiger partial charge on any atom is 0.406 e. The predicted molar refractivity (Wildman–Crippen MR) is 67.9 cm³/mol. The molecule has 1 aliphatic heterocycles. The first-order chi connectivity index (χ1) is 9.74. The van der Waals surface area contributed by atoms with Crippen LogP contribution in [0.2, 0.25) is 0 Å². The first-order valence-corrected chi connectivity index (χ1v) is 6.84. The fourth-order valence-corrected chi connectivity index (χ4v) is 2.74. The molecule has 116 valence electrons. The molecular weight excluding hydrogens is 311 g/mol. The summed E-state index contributed by atoms with van der Waals surface area (Å²) in [5, 5.41) is 13.3. The number of carboxylic acids is 1. The summed E-state index contributed by atoms with van der Waals surface area (Å²) >= 11 is 1.18. The van der Waals surface area contributed by atoms with Crippen LogP contribution in [0, 0.1) is 5.41 Å². The minimum atomic E-state index is -4.85. The van der Waals surface area contributed by atoms with Gasteiger partial charge in [-0.2, -0.15) is 13.2 Å². The van der Waals surface area contributed by atoms with Gasteiger partial charge >= 0.3 is 12.1 Å². The highest BCUT2D eigenvalue weighted by molar-refractivity contribution is 7.13. The van der Waals surface area contributed by atoms with E-state index in [9.17, 15) is 22.8 Å². The molecule has 0 spiro atoms. The van der Waals surface area contributed by atoms with Crippen LogP contribution in [0.3, 0.4) is 0 Å². The highest BCUT2D eigenvalue weighted by atomic mass is 32.1. The summed E-state index contributed by atoms with van der Waals surface area (Å²) < 4.78 is 38.9. The van der Waals surface area contributed by atoms with Gasteiger partial charge in [0, 0.05) is 24.7 Å². The van der Waals surface area contributed by atoms with Crippen LogP contribution in [-0.2, 0) is 9.59 Å². The van der Waals surface area contributed by atoms with E-state index in [0.29, 0.717) is 5.13 Å². The van der Waals surface area contributed by atoms with Gasteiger partial charge in [0.1, 0.15) is 0 Å². The molecule has 6 nitrogen and oxygen atoms in total. The van der Waals surface area contributed by atoms with E-state index < -0.39 is 36.4 Å². The van der Waals surface area contributed by atoms with E-state index in [2.05, 4.69) is 10.3 Å². The molecule has 1 unspecified atom stereocenters. The third-order valence-electron chi connectivity index (χ3n) is 3.35. The lowest BCUT2D eigenvalue weighted by Gasteiger charge is -2.27. The standard InChI is InChI=1S/C11H12F3N3O3S/c12-11(13,14)10(8(19)20)1-3-17(6-10)5-7(18)16-9-15-2-4-21-9/h2,4H,1,3,5-6H2,(H,19,20)(H,15,16,18). The van der Waals surface area contributed by atoms with E-state index in [0.717, 1.165) is 0 Å². The predicted octanol–water partition coefficient (Wildman–Crippen LogP) is 1.42. The van der Waals surface area contributed by atoms with Crippen molar-refractivity contribution in [2.24, 2.45) is 5.41 Å². The highest BCUT2D eigenvalue weighted by Crippen LogP contribution is 2.45. The fourth-order valence-electron chi connectivity index (χ4n) is 2.20. The average molecular weight is 323 g/mol. The molecule has 0 aromatic carbocycles. The number of carbonyl (C=O) groups is 2. The van der Waals surface area contributed by atoms with Crippen molar-refractivity contribution in [3.63, 3.8) is 0 Å². The number of nitrogens with zero attached hydrogens (tertiary/aromatic N) is 2. The Balaban J connectivity index is 1.98. The molecule has 2 heterocycles. The van der Waals surface area contributed by atoms with E-state index >= 15 is 0 Å². The Morgan fingerprint density at radius 3 is 2.71 bits per heavy atom. The second kappa shape index (κ2) is 5.60. The van der Waals surface area contributed by atoms with Gasteiger partial charge in [0.2, 0.25) is 5.91 Å². The number of alkyl halides is 3. The summed E-state index contributed by atoms with van der Waals surface area (Å²) in [5.74, 6) is -2.42. The largest absolute Gasteiger partial charge is 0.481 e. The van der Waals surface area contributed by atoms with Gasteiger partial charge < -0.3 is 10.4 Å². The number of aromatic nitrogens is 1. The van der Waals surface area contributed by atoms with Gasteiger partial charge in [0.15, 0.2) is 10.5 Å². The first-order valence-electron chi connectivity index (χ1n) is 5.96. The zero-order chi connectivity index (χ0) is 15.7.